The fraction of sp³-hybridized carbons (Fsp3) is 0.600. The van der Waals surface area contributed by atoms with Crippen molar-refractivity contribution in [3.8, 4) is 0 Å². The summed E-state index contributed by atoms with van der Waals surface area (Å²) in [6.45, 7) is 6.06. The molecular weight excluding hydrogens is 244 g/mol. The molecule has 2 N–H and O–H groups in total. The first kappa shape index (κ1) is 11.8. The third kappa shape index (κ3) is 4.79. The second-order valence-electron chi connectivity index (χ2n) is 3.09. The molecule has 0 saturated carbocycles. The van der Waals surface area contributed by atoms with Gasteiger partial charge in [0.2, 0.25) is 0 Å². The van der Waals surface area contributed by atoms with Crippen molar-refractivity contribution in [3.05, 3.63) is 22.6 Å². The van der Waals surface area contributed by atoms with Crippen LogP contribution in [0.25, 0.3) is 0 Å². The summed E-state index contributed by atoms with van der Waals surface area (Å²) < 4.78 is 6.14. The monoisotopic (exact) mass is 260 g/mol. The summed E-state index contributed by atoms with van der Waals surface area (Å²) in [5.41, 5.74) is 0. The number of hydrogen-bond donors (Lipinski definition) is 2. The van der Waals surface area contributed by atoms with Crippen LogP contribution in [0.4, 0.5) is 0 Å². The summed E-state index contributed by atoms with van der Waals surface area (Å²) in [6.07, 6.45) is 1.15. The first-order chi connectivity index (χ1) is 6.83. The quantitative estimate of drug-likeness (QED) is 0.738. The van der Waals surface area contributed by atoms with Crippen LogP contribution in [0.3, 0.4) is 0 Å². The van der Waals surface area contributed by atoms with Gasteiger partial charge < -0.3 is 15.1 Å². The standard InChI is InChI=1S/C10H17BrN2O/c1-2-12-6-3-7-13-8-9-4-5-10(11)14-9/h4-5,12-13H,2-3,6-8H2,1H3. The second-order valence-corrected chi connectivity index (χ2v) is 3.87. The van der Waals surface area contributed by atoms with Gasteiger partial charge in [-0.15, -0.1) is 0 Å². The van der Waals surface area contributed by atoms with Gasteiger partial charge in [-0.25, -0.2) is 0 Å². The molecule has 0 bridgehead atoms. The van der Waals surface area contributed by atoms with Gasteiger partial charge in [0.25, 0.3) is 0 Å². The zero-order chi connectivity index (χ0) is 10.2. The Bertz CT molecular complexity index is 250. The Morgan fingerprint density at radius 2 is 2.07 bits per heavy atom. The van der Waals surface area contributed by atoms with Crippen LogP contribution in [-0.2, 0) is 6.54 Å². The van der Waals surface area contributed by atoms with Crippen LogP contribution in [0.1, 0.15) is 19.1 Å². The Labute approximate surface area is 93.4 Å². The van der Waals surface area contributed by atoms with E-state index in [-0.39, 0.29) is 0 Å². The highest BCUT2D eigenvalue weighted by Crippen LogP contribution is 2.13. The van der Waals surface area contributed by atoms with Crippen LogP contribution in [0.5, 0.6) is 0 Å². The van der Waals surface area contributed by atoms with Crippen molar-refractivity contribution < 1.29 is 4.42 Å². The van der Waals surface area contributed by atoms with Crippen molar-refractivity contribution in [2.75, 3.05) is 19.6 Å². The van der Waals surface area contributed by atoms with Crippen molar-refractivity contribution in [2.45, 2.75) is 19.9 Å². The molecule has 0 amide bonds. The average molecular weight is 261 g/mol. The molecule has 4 heteroatoms. The lowest BCUT2D eigenvalue weighted by Crippen LogP contribution is -2.21. The number of rotatable bonds is 7. The highest BCUT2D eigenvalue weighted by Gasteiger charge is 1.97. The van der Waals surface area contributed by atoms with Crippen molar-refractivity contribution >= 4 is 15.9 Å². The van der Waals surface area contributed by atoms with Gasteiger partial charge in [0.05, 0.1) is 6.54 Å². The van der Waals surface area contributed by atoms with Crippen molar-refractivity contribution in [1.29, 1.82) is 0 Å². The maximum absolute atomic E-state index is 5.35. The van der Waals surface area contributed by atoms with E-state index in [0.717, 1.165) is 43.0 Å². The van der Waals surface area contributed by atoms with Gasteiger partial charge in [0, 0.05) is 0 Å². The fourth-order valence-electron chi connectivity index (χ4n) is 1.17. The highest BCUT2D eigenvalue weighted by molar-refractivity contribution is 9.10. The maximum atomic E-state index is 5.35. The molecule has 0 fully saturated rings. The van der Waals surface area contributed by atoms with Crippen LogP contribution in [0, 0.1) is 0 Å². The predicted molar refractivity (Wildman–Crippen MR) is 61.3 cm³/mol. The number of hydrogen-bond acceptors (Lipinski definition) is 3. The molecule has 1 aromatic rings. The fourth-order valence-corrected chi connectivity index (χ4v) is 1.51. The van der Waals surface area contributed by atoms with Gasteiger partial charge in [-0.3, -0.25) is 0 Å². The zero-order valence-electron chi connectivity index (χ0n) is 8.48. The van der Waals surface area contributed by atoms with E-state index in [0.29, 0.717) is 0 Å². The number of furan rings is 1. The van der Waals surface area contributed by atoms with E-state index < -0.39 is 0 Å². The average Bonchev–Trinajstić information content (AvgIpc) is 2.58. The van der Waals surface area contributed by atoms with Crippen LogP contribution in [-0.4, -0.2) is 19.6 Å². The Kier molecular flexibility index (Phi) is 5.91. The molecule has 0 aliphatic carbocycles. The summed E-state index contributed by atoms with van der Waals surface area (Å²) in [5.74, 6) is 0.973. The summed E-state index contributed by atoms with van der Waals surface area (Å²) >= 11 is 3.27. The molecule has 0 aromatic carbocycles. The summed E-state index contributed by atoms with van der Waals surface area (Å²) in [6, 6.07) is 3.89. The van der Waals surface area contributed by atoms with Gasteiger partial charge in [-0.1, -0.05) is 6.92 Å². The van der Waals surface area contributed by atoms with Gasteiger partial charge >= 0.3 is 0 Å². The van der Waals surface area contributed by atoms with E-state index in [1.165, 1.54) is 0 Å². The molecule has 0 atom stereocenters. The first-order valence-corrected chi connectivity index (χ1v) is 5.78. The highest BCUT2D eigenvalue weighted by atomic mass is 79.9. The molecule has 0 saturated heterocycles. The van der Waals surface area contributed by atoms with E-state index in [1.807, 2.05) is 12.1 Å². The van der Waals surface area contributed by atoms with Crippen LogP contribution < -0.4 is 10.6 Å². The molecule has 0 radical (unpaired) electrons. The van der Waals surface area contributed by atoms with Crippen molar-refractivity contribution in [3.63, 3.8) is 0 Å². The zero-order valence-corrected chi connectivity index (χ0v) is 10.1. The largest absolute Gasteiger partial charge is 0.453 e. The molecule has 14 heavy (non-hydrogen) atoms. The van der Waals surface area contributed by atoms with Gasteiger partial charge in [0.1, 0.15) is 5.76 Å². The number of nitrogens with one attached hydrogen (secondary N) is 2. The Balaban J connectivity index is 1.99. The lowest BCUT2D eigenvalue weighted by molar-refractivity contribution is 0.462. The minimum Gasteiger partial charge on any atom is -0.453 e. The van der Waals surface area contributed by atoms with E-state index >= 15 is 0 Å². The lowest BCUT2D eigenvalue weighted by atomic mass is 10.4. The van der Waals surface area contributed by atoms with Crippen LogP contribution in [0.15, 0.2) is 21.2 Å². The van der Waals surface area contributed by atoms with E-state index in [2.05, 4.69) is 33.5 Å². The third-order valence-corrected chi connectivity index (χ3v) is 2.31. The number of halogens is 1. The Hall–Kier alpha value is -0.320. The van der Waals surface area contributed by atoms with E-state index in [4.69, 9.17) is 4.42 Å². The van der Waals surface area contributed by atoms with Crippen LogP contribution >= 0.6 is 15.9 Å². The molecule has 80 valence electrons. The Morgan fingerprint density at radius 3 is 2.71 bits per heavy atom. The summed E-state index contributed by atoms with van der Waals surface area (Å²) in [4.78, 5) is 0. The molecule has 3 nitrogen and oxygen atoms in total. The van der Waals surface area contributed by atoms with E-state index in [1.54, 1.807) is 0 Å². The van der Waals surface area contributed by atoms with Crippen molar-refractivity contribution in [2.24, 2.45) is 0 Å². The molecule has 1 rings (SSSR count). The minimum atomic E-state index is 0.793. The van der Waals surface area contributed by atoms with E-state index in [9.17, 15) is 0 Å². The third-order valence-electron chi connectivity index (χ3n) is 1.89. The normalized spacial score (nSPS) is 10.7. The molecular formula is C10H17BrN2O. The SMILES string of the molecule is CCNCCCNCc1ccc(Br)o1. The van der Waals surface area contributed by atoms with Gasteiger partial charge in [-0.05, 0) is 54.1 Å². The molecule has 0 spiro atoms. The lowest BCUT2D eigenvalue weighted by Gasteiger charge is -2.02. The summed E-state index contributed by atoms with van der Waals surface area (Å²) in [5, 5.41) is 6.60. The smallest absolute Gasteiger partial charge is 0.169 e. The molecule has 1 aromatic heterocycles. The van der Waals surface area contributed by atoms with Crippen molar-refractivity contribution in [1.82, 2.24) is 10.6 Å². The second kappa shape index (κ2) is 7.04. The minimum absolute atomic E-state index is 0.793. The maximum Gasteiger partial charge on any atom is 0.169 e. The van der Waals surface area contributed by atoms with Crippen LogP contribution in [0.2, 0.25) is 0 Å². The predicted octanol–water partition coefficient (Wildman–Crippen LogP) is 2.13. The van der Waals surface area contributed by atoms with Gasteiger partial charge in [0.15, 0.2) is 4.67 Å². The Morgan fingerprint density at radius 1 is 1.29 bits per heavy atom. The topological polar surface area (TPSA) is 37.2 Å². The molecule has 0 aliphatic heterocycles. The molecule has 0 aliphatic rings. The summed E-state index contributed by atoms with van der Waals surface area (Å²) in [7, 11) is 0. The molecule has 0 unspecified atom stereocenters. The van der Waals surface area contributed by atoms with Gasteiger partial charge in [-0.2, -0.15) is 0 Å². The first-order valence-electron chi connectivity index (χ1n) is 4.98. The molecule has 1 heterocycles.